The van der Waals surface area contributed by atoms with Crippen molar-refractivity contribution in [2.24, 2.45) is 0 Å². The van der Waals surface area contributed by atoms with Gasteiger partial charge in [-0.15, -0.1) is 0 Å². The minimum absolute atomic E-state index is 0.0634. The van der Waals surface area contributed by atoms with Crippen molar-refractivity contribution in [3.05, 3.63) is 0 Å². The summed E-state index contributed by atoms with van der Waals surface area (Å²) in [5.41, 5.74) is 0. The number of halogens is 1. The van der Waals surface area contributed by atoms with Gasteiger partial charge in [0.1, 0.15) is 6.10 Å². The molecule has 13 heavy (non-hydrogen) atoms. The second-order valence-electron chi connectivity index (χ2n) is 3.21. The maximum atomic E-state index is 11.1. The van der Waals surface area contributed by atoms with Crippen molar-refractivity contribution in [1.29, 1.82) is 0 Å². The number of carbonyl (C=O) groups excluding carboxylic acids is 1. The smallest absolute Gasteiger partial charge is 0.431 e. The second-order valence-corrected chi connectivity index (χ2v) is 4.60. The van der Waals surface area contributed by atoms with Gasteiger partial charge in [0.15, 0.2) is 4.11 Å². The van der Waals surface area contributed by atoms with Crippen molar-refractivity contribution < 1.29 is 14.3 Å². The molecule has 0 N–H and O–H groups in total. The lowest BCUT2D eigenvalue weighted by Gasteiger charge is -2.13. The summed E-state index contributed by atoms with van der Waals surface area (Å²) < 4.78 is 10.0. The molecular formula is C9H15IO3. The molecule has 0 spiro atoms. The van der Waals surface area contributed by atoms with E-state index in [1.54, 1.807) is 0 Å². The summed E-state index contributed by atoms with van der Waals surface area (Å²) in [6.45, 7) is 1.97. The molecule has 1 saturated carbocycles. The number of hydrogen-bond donors (Lipinski definition) is 0. The Morgan fingerprint density at radius 3 is 2.69 bits per heavy atom. The van der Waals surface area contributed by atoms with E-state index in [0.717, 1.165) is 19.3 Å². The molecule has 4 heteroatoms. The van der Waals surface area contributed by atoms with Crippen molar-refractivity contribution in [3.8, 4) is 0 Å². The van der Waals surface area contributed by atoms with E-state index >= 15 is 0 Å². The first-order chi connectivity index (χ1) is 6.22. The van der Waals surface area contributed by atoms with Gasteiger partial charge >= 0.3 is 6.16 Å². The Balaban J connectivity index is 2.16. The Labute approximate surface area is 92.3 Å². The van der Waals surface area contributed by atoms with E-state index in [1.165, 1.54) is 12.8 Å². The molecule has 1 fully saturated rings. The van der Waals surface area contributed by atoms with Gasteiger partial charge in [0.05, 0.1) is 0 Å². The fourth-order valence-corrected chi connectivity index (χ4v) is 1.57. The predicted octanol–water partition coefficient (Wildman–Crippen LogP) is 3.25. The zero-order chi connectivity index (χ0) is 9.68. The molecule has 3 nitrogen and oxygen atoms in total. The first kappa shape index (κ1) is 11.1. The first-order valence-corrected chi connectivity index (χ1v) is 5.98. The Bertz CT molecular complexity index is 166. The van der Waals surface area contributed by atoms with Gasteiger partial charge in [0.2, 0.25) is 0 Å². The Morgan fingerprint density at radius 1 is 1.54 bits per heavy atom. The lowest BCUT2D eigenvalue weighted by molar-refractivity contribution is 0.0221. The van der Waals surface area contributed by atoms with Gasteiger partial charge in [-0.25, -0.2) is 4.79 Å². The fourth-order valence-electron chi connectivity index (χ4n) is 1.36. The normalized spacial score (nSPS) is 19.8. The average Bonchev–Trinajstić information content (AvgIpc) is 2.56. The summed E-state index contributed by atoms with van der Waals surface area (Å²) in [4.78, 5) is 11.1. The van der Waals surface area contributed by atoms with Crippen LogP contribution in [0.15, 0.2) is 0 Å². The van der Waals surface area contributed by atoms with E-state index < -0.39 is 6.16 Å². The van der Waals surface area contributed by atoms with E-state index in [-0.39, 0.29) is 10.2 Å². The maximum absolute atomic E-state index is 11.1. The van der Waals surface area contributed by atoms with E-state index in [9.17, 15) is 4.79 Å². The van der Waals surface area contributed by atoms with Crippen LogP contribution in [-0.2, 0) is 9.47 Å². The third-order valence-corrected chi connectivity index (χ3v) is 3.25. The number of hydrogen-bond acceptors (Lipinski definition) is 3. The topological polar surface area (TPSA) is 35.5 Å². The molecule has 1 atom stereocenters. The summed E-state index contributed by atoms with van der Waals surface area (Å²) in [7, 11) is 0. The summed E-state index contributed by atoms with van der Waals surface area (Å²) in [5, 5.41) is 0. The van der Waals surface area contributed by atoms with Crippen LogP contribution in [0.4, 0.5) is 4.79 Å². The number of carbonyl (C=O) groups is 1. The van der Waals surface area contributed by atoms with E-state index in [2.05, 4.69) is 22.6 Å². The van der Waals surface area contributed by atoms with E-state index in [0.29, 0.717) is 0 Å². The summed E-state index contributed by atoms with van der Waals surface area (Å²) in [6.07, 6.45) is 4.74. The van der Waals surface area contributed by atoms with Gasteiger partial charge in [-0.2, -0.15) is 0 Å². The summed E-state index contributed by atoms with van der Waals surface area (Å²) >= 11 is 2.08. The van der Waals surface area contributed by atoms with Crippen molar-refractivity contribution in [1.82, 2.24) is 0 Å². The molecule has 0 amide bonds. The monoisotopic (exact) mass is 298 g/mol. The van der Waals surface area contributed by atoms with Crippen molar-refractivity contribution >= 4 is 28.7 Å². The van der Waals surface area contributed by atoms with E-state index in [1.807, 2.05) is 6.92 Å². The highest BCUT2D eigenvalue weighted by molar-refractivity contribution is 14.1. The van der Waals surface area contributed by atoms with Crippen molar-refractivity contribution in [2.75, 3.05) is 0 Å². The van der Waals surface area contributed by atoms with E-state index in [4.69, 9.17) is 9.47 Å². The Kier molecular flexibility index (Phi) is 4.83. The molecule has 0 aliphatic heterocycles. The molecule has 1 unspecified atom stereocenters. The largest absolute Gasteiger partial charge is 0.509 e. The van der Waals surface area contributed by atoms with Crippen molar-refractivity contribution in [2.45, 2.75) is 49.2 Å². The zero-order valence-corrected chi connectivity index (χ0v) is 9.95. The highest BCUT2D eigenvalue weighted by Gasteiger charge is 2.20. The fraction of sp³-hybridized carbons (Fsp3) is 0.889. The van der Waals surface area contributed by atoms with Crippen LogP contribution in [0.3, 0.4) is 0 Å². The number of rotatable bonds is 3. The maximum Gasteiger partial charge on any atom is 0.509 e. The van der Waals surface area contributed by atoms with Gasteiger partial charge in [-0.05, 0) is 54.7 Å². The molecule has 1 aliphatic rings. The van der Waals surface area contributed by atoms with Gasteiger partial charge in [-0.1, -0.05) is 6.92 Å². The molecule has 1 aliphatic carbocycles. The molecular weight excluding hydrogens is 283 g/mol. The summed E-state index contributed by atoms with van der Waals surface area (Å²) in [6, 6.07) is 0. The predicted molar refractivity (Wildman–Crippen MR) is 57.9 cm³/mol. The lowest BCUT2D eigenvalue weighted by atomic mass is 10.3. The zero-order valence-electron chi connectivity index (χ0n) is 7.79. The average molecular weight is 298 g/mol. The molecule has 0 radical (unpaired) electrons. The molecule has 76 valence electrons. The van der Waals surface area contributed by atoms with Crippen LogP contribution in [0.25, 0.3) is 0 Å². The SMILES string of the molecule is CCC(I)OC(=O)OC1CCCC1. The van der Waals surface area contributed by atoms with Crippen LogP contribution in [0.2, 0.25) is 0 Å². The Hall–Kier alpha value is 0. The third kappa shape index (κ3) is 4.15. The Morgan fingerprint density at radius 2 is 2.15 bits per heavy atom. The molecule has 0 aromatic heterocycles. The quantitative estimate of drug-likeness (QED) is 0.456. The number of ether oxygens (including phenoxy) is 2. The first-order valence-electron chi connectivity index (χ1n) is 4.73. The van der Waals surface area contributed by atoms with Crippen LogP contribution in [0, 0.1) is 0 Å². The minimum atomic E-state index is -0.506. The van der Waals surface area contributed by atoms with Gasteiger partial charge in [-0.3, -0.25) is 0 Å². The number of alkyl halides is 1. The van der Waals surface area contributed by atoms with Gasteiger partial charge < -0.3 is 9.47 Å². The highest BCUT2D eigenvalue weighted by atomic mass is 127. The lowest BCUT2D eigenvalue weighted by Crippen LogP contribution is -2.18. The van der Waals surface area contributed by atoms with Gasteiger partial charge in [0, 0.05) is 0 Å². The molecule has 0 aromatic rings. The van der Waals surface area contributed by atoms with Crippen LogP contribution in [0.5, 0.6) is 0 Å². The second kappa shape index (κ2) is 5.67. The molecule has 0 aromatic carbocycles. The standard InChI is InChI=1S/C9H15IO3/c1-2-8(10)13-9(11)12-7-5-3-4-6-7/h7-8H,2-6H2,1H3. The van der Waals surface area contributed by atoms with Gasteiger partial charge in [0.25, 0.3) is 0 Å². The molecule has 0 bridgehead atoms. The van der Waals surface area contributed by atoms with Crippen LogP contribution >= 0.6 is 22.6 Å². The molecule has 0 saturated heterocycles. The van der Waals surface area contributed by atoms with Crippen molar-refractivity contribution in [3.63, 3.8) is 0 Å². The highest BCUT2D eigenvalue weighted by Crippen LogP contribution is 2.21. The van der Waals surface area contributed by atoms with Crippen LogP contribution in [-0.4, -0.2) is 16.4 Å². The molecule has 1 rings (SSSR count). The molecule has 0 heterocycles. The van der Waals surface area contributed by atoms with Crippen LogP contribution < -0.4 is 0 Å². The summed E-state index contributed by atoms with van der Waals surface area (Å²) in [5.74, 6) is 0. The minimum Gasteiger partial charge on any atom is -0.431 e. The third-order valence-electron chi connectivity index (χ3n) is 2.11. The van der Waals surface area contributed by atoms with Crippen LogP contribution in [0.1, 0.15) is 39.0 Å².